The van der Waals surface area contributed by atoms with E-state index in [-0.39, 0.29) is 17.0 Å². The summed E-state index contributed by atoms with van der Waals surface area (Å²) >= 11 is 0. The Bertz CT molecular complexity index is 1050. The van der Waals surface area contributed by atoms with Gasteiger partial charge >= 0.3 is 5.97 Å². The van der Waals surface area contributed by atoms with Gasteiger partial charge in [-0.05, 0) is 55.0 Å². The number of benzene rings is 2. The number of hydrogen-bond acceptors (Lipinski definition) is 5. The summed E-state index contributed by atoms with van der Waals surface area (Å²) in [6.45, 7) is 1.22. The van der Waals surface area contributed by atoms with Crippen molar-refractivity contribution in [2.24, 2.45) is 0 Å². The summed E-state index contributed by atoms with van der Waals surface area (Å²) in [5, 5.41) is 5.08. The predicted molar refractivity (Wildman–Crippen MR) is 103 cm³/mol. The molecule has 0 radical (unpaired) electrons. The Hall–Kier alpha value is -3.94. The van der Waals surface area contributed by atoms with Crippen LogP contribution in [0.25, 0.3) is 0 Å². The summed E-state index contributed by atoms with van der Waals surface area (Å²) in [4.78, 5) is 36.2. The number of halogens is 1. The number of esters is 1. The van der Waals surface area contributed by atoms with Crippen LogP contribution in [0, 0.1) is 12.7 Å². The maximum atomic E-state index is 13.1. The van der Waals surface area contributed by atoms with Crippen molar-refractivity contribution in [3.8, 4) is 0 Å². The highest BCUT2D eigenvalue weighted by Crippen LogP contribution is 2.19. The number of carbonyl (C=O) groups is 3. The largest absolute Gasteiger partial charge is 0.459 e. The first-order valence-electron chi connectivity index (χ1n) is 8.60. The van der Waals surface area contributed by atoms with Crippen LogP contribution in [-0.4, -0.2) is 24.4 Å². The van der Waals surface area contributed by atoms with Gasteiger partial charge in [-0.25, -0.2) is 9.18 Å². The van der Waals surface area contributed by atoms with Crippen LogP contribution in [0.5, 0.6) is 0 Å². The molecular weight excluding hydrogens is 379 g/mol. The number of amides is 2. The van der Waals surface area contributed by atoms with Crippen LogP contribution in [0.2, 0.25) is 0 Å². The van der Waals surface area contributed by atoms with E-state index in [1.807, 2.05) is 0 Å². The molecule has 148 valence electrons. The minimum atomic E-state index is -0.743. The molecule has 2 amide bonds. The first-order valence-corrected chi connectivity index (χ1v) is 8.60. The van der Waals surface area contributed by atoms with Gasteiger partial charge in [-0.2, -0.15) is 0 Å². The van der Waals surface area contributed by atoms with Crippen molar-refractivity contribution in [3.05, 3.63) is 83.6 Å². The Morgan fingerprint density at radius 1 is 1.03 bits per heavy atom. The topological polar surface area (TPSA) is 97.6 Å². The minimum absolute atomic E-state index is 0.131. The number of aryl methyl sites for hydroxylation is 1. The fourth-order valence-electron chi connectivity index (χ4n) is 2.45. The lowest BCUT2D eigenvalue weighted by Crippen LogP contribution is -2.21. The smallest absolute Gasteiger partial charge is 0.338 e. The molecule has 0 aliphatic rings. The lowest BCUT2D eigenvalue weighted by atomic mass is 10.1. The minimum Gasteiger partial charge on any atom is -0.459 e. The first kappa shape index (κ1) is 19.8. The van der Waals surface area contributed by atoms with Crippen LogP contribution < -0.4 is 10.6 Å². The lowest BCUT2D eigenvalue weighted by molar-refractivity contribution is -0.119. The van der Waals surface area contributed by atoms with E-state index in [0.29, 0.717) is 5.69 Å². The zero-order valence-corrected chi connectivity index (χ0v) is 15.4. The number of hydrogen-bond donors (Lipinski definition) is 2. The van der Waals surface area contributed by atoms with Gasteiger partial charge in [0.05, 0.1) is 11.8 Å². The SMILES string of the molecule is Cc1ccc(C(=O)OCC(=O)Nc2cccc(F)c2)cc1NC(=O)c1ccco1. The quantitative estimate of drug-likeness (QED) is 0.618. The van der Waals surface area contributed by atoms with Crippen LogP contribution in [0.1, 0.15) is 26.5 Å². The predicted octanol–water partition coefficient (Wildman–Crippen LogP) is 3.77. The van der Waals surface area contributed by atoms with Gasteiger partial charge in [0.15, 0.2) is 12.4 Å². The van der Waals surface area contributed by atoms with Gasteiger partial charge in [-0.3, -0.25) is 9.59 Å². The number of ether oxygens (including phenoxy) is 1. The van der Waals surface area contributed by atoms with E-state index in [0.717, 1.165) is 11.6 Å². The van der Waals surface area contributed by atoms with E-state index < -0.39 is 30.2 Å². The molecule has 1 aromatic heterocycles. The van der Waals surface area contributed by atoms with E-state index >= 15 is 0 Å². The second-order valence-electron chi connectivity index (χ2n) is 6.10. The van der Waals surface area contributed by atoms with Gasteiger partial charge in [0.2, 0.25) is 0 Å². The number of rotatable bonds is 6. The molecule has 0 saturated carbocycles. The maximum absolute atomic E-state index is 13.1. The molecule has 3 rings (SSSR count). The van der Waals surface area contributed by atoms with Crippen molar-refractivity contribution in [2.45, 2.75) is 6.92 Å². The molecule has 0 unspecified atom stereocenters. The summed E-state index contributed by atoms with van der Waals surface area (Å²) in [6.07, 6.45) is 1.38. The van der Waals surface area contributed by atoms with Crippen LogP contribution >= 0.6 is 0 Å². The van der Waals surface area contributed by atoms with Crippen LogP contribution in [-0.2, 0) is 9.53 Å². The third-order valence-electron chi connectivity index (χ3n) is 3.91. The molecule has 0 bridgehead atoms. The number of anilines is 2. The van der Waals surface area contributed by atoms with Crippen molar-refractivity contribution in [2.75, 3.05) is 17.2 Å². The normalized spacial score (nSPS) is 10.3. The second-order valence-corrected chi connectivity index (χ2v) is 6.10. The summed E-state index contributed by atoms with van der Waals surface area (Å²) in [7, 11) is 0. The maximum Gasteiger partial charge on any atom is 0.338 e. The first-order chi connectivity index (χ1) is 13.9. The van der Waals surface area contributed by atoms with Crippen molar-refractivity contribution in [1.82, 2.24) is 0 Å². The van der Waals surface area contributed by atoms with E-state index in [1.54, 1.807) is 19.1 Å². The van der Waals surface area contributed by atoms with Crippen molar-refractivity contribution in [3.63, 3.8) is 0 Å². The molecule has 29 heavy (non-hydrogen) atoms. The third kappa shape index (κ3) is 5.29. The molecule has 0 aliphatic carbocycles. The molecular formula is C21H17FN2O5. The van der Waals surface area contributed by atoms with Crippen molar-refractivity contribution >= 4 is 29.2 Å². The van der Waals surface area contributed by atoms with Gasteiger partial charge in [0.1, 0.15) is 5.82 Å². The van der Waals surface area contributed by atoms with Crippen LogP contribution in [0.3, 0.4) is 0 Å². The fourth-order valence-corrected chi connectivity index (χ4v) is 2.45. The zero-order valence-electron chi connectivity index (χ0n) is 15.4. The van der Waals surface area contributed by atoms with E-state index in [4.69, 9.17) is 9.15 Å². The highest BCUT2D eigenvalue weighted by Gasteiger charge is 2.15. The van der Waals surface area contributed by atoms with Crippen LogP contribution in [0.15, 0.2) is 65.3 Å². The van der Waals surface area contributed by atoms with E-state index in [1.165, 1.54) is 42.7 Å². The van der Waals surface area contributed by atoms with Gasteiger partial charge in [-0.15, -0.1) is 0 Å². The molecule has 0 fully saturated rings. The Kier molecular flexibility index (Phi) is 6.03. The molecule has 3 aromatic rings. The molecule has 0 saturated heterocycles. The highest BCUT2D eigenvalue weighted by molar-refractivity contribution is 6.03. The van der Waals surface area contributed by atoms with E-state index in [2.05, 4.69) is 10.6 Å². The molecule has 0 atom stereocenters. The summed E-state index contributed by atoms with van der Waals surface area (Å²) in [5.74, 6) is -2.18. The average Bonchev–Trinajstić information content (AvgIpc) is 3.23. The van der Waals surface area contributed by atoms with Gasteiger partial charge in [0, 0.05) is 11.4 Å². The van der Waals surface area contributed by atoms with Gasteiger partial charge in [-0.1, -0.05) is 12.1 Å². The monoisotopic (exact) mass is 396 g/mol. The molecule has 7 nitrogen and oxygen atoms in total. The van der Waals surface area contributed by atoms with Gasteiger partial charge < -0.3 is 19.8 Å². The number of furan rings is 1. The Morgan fingerprint density at radius 2 is 1.86 bits per heavy atom. The Morgan fingerprint density at radius 3 is 2.59 bits per heavy atom. The van der Waals surface area contributed by atoms with Crippen molar-refractivity contribution < 1.29 is 27.9 Å². The number of nitrogens with one attached hydrogen (secondary N) is 2. The fraction of sp³-hybridized carbons (Fsp3) is 0.0952. The van der Waals surface area contributed by atoms with E-state index in [9.17, 15) is 18.8 Å². The second kappa shape index (κ2) is 8.83. The highest BCUT2D eigenvalue weighted by atomic mass is 19.1. The third-order valence-corrected chi connectivity index (χ3v) is 3.91. The molecule has 1 heterocycles. The standard InChI is InChI=1S/C21H17FN2O5/c1-13-7-8-14(10-17(13)24-20(26)18-6-3-9-28-18)21(27)29-12-19(25)23-16-5-2-4-15(22)11-16/h2-11H,12H2,1H3,(H,23,25)(H,24,26). The summed E-state index contributed by atoms with van der Waals surface area (Å²) in [6, 6.07) is 13.1. The zero-order chi connectivity index (χ0) is 20.8. The van der Waals surface area contributed by atoms with Crippen molar-refractivity contribution in [1.29, 1.82) is 0 Å². The average molecular weight is 396 g/mol. The molecule has 0 spiro atoms. The van der Waals surface area contributed by atoms with Crippen LogP contribution in [0.4, 0.5) is 15.8 Å². The summed E-state index contributed by atoms with van der Waals surface area (Å²) < 4.78 is 23.2. The molecule has 2 aromatic carbocycles. The number of carbonyl (C=O) groups excluding carboxylic acids is 3. The molecule has 8 heteroatoms. The summed E-state index contributed by atoms with van der Waals surface area (Å²) in [5.41, 5.74) is 1.54. The Balaban J connectivity index is 1.60. The lowest BCUT2D eigenvalue weighted by Gasteiger charge is -2.10. The Labute approximate surface area is 165 Å². The van der Waals surface area contributed by atoms with Gasteiger partial charge in [0.25, 0.3) is 11.8 Å². The molecule has 2 N–H and O–H groups in total. The molecule has 0 aliphatic heterocycles.